The van der Waals surface area contributed by atoms with Gasteiger partial charge in [0.1, 0.15) is 11.5 Å². The standard InChI is InChI=1S/C18H17N3O3/c1-2-11-8-13(16(23)9-15(11)22)17-14(10-19-21-17)20-18(24)12-6-4-3-5-7-12/h3-10,22-23H,2H2,1H3,(H,19,21)(H,20,24). The number of carbonyl (C=O) groups is 1. The first kappa shape index (κ1) is 15.6. The number of H-pyrrole nitrogens is 1. The number of rotatable bonds is 4. The summed E-state index contributed by atoms with van der Waals surface area (Å²) in [5.41, 5.74) is 2.61. The van der Waals surface area contributed by atoms with Gasteiger partial charge in [0.25, 0.3) is 5.91 Å². The van der Waals surface area contributed by atoms with Gasteiger partial charge in [0.2, 0.25) is 0 Å². The number of hydrogen-bond donors (Lipinski definition) is 4. The van der Waals surface area contributed by atoms with E-state index in [2.05, 4.69) is 15.5 Å². The number of hydrogen-bond acceptors (Lipinski definition) is 4. The second-order valence-corrected chi connectivity index (χ2v) is 5.33. The zero-order valence-corrected chi connectivity index (χ0v) is 13.1. The number of nitrogens with one attached hydrogen (secondary N) is 2. The highest BCUT2D eigenvalue weighted by atomic mass is 16.3. The van der Waals surface area contributed by atoms with Crippen LogP contribution in [0.15, 0.2) is 48.7 Å². The van der Waals surface area contributed by atoms with Gasteiger partial charge in [0.05, 0.1) is 17.6 Å². The fraction of sp³-hybridized carbons (Fsp3) is 0.111. The molecule has 0 atom stereocenters. The van der Waals surface area contributed by atoms with Gasteiger partial charge in [0, 0.05) is 17.2 Å². The largest absolute Gasteiger partial charge is 0.508 e. The van der Waals surface area contributed by atoms with Crippen molar-refractivity contribution in [2.24, 2.45) is 0 Å². The van der Waals surface area contributed by atoms with Crippen LogP contribution in [-0.2, 0) is 6.42 Å². The van der Waals surface area contributed by atoms with E-state index >= 15 is 0 Å². The SMILES string of the molecule is CCc1cc(-c2[nH]ncc2NC(=O)c2ccccc2)c(O)cc1O. The third-order valence-corrected chi connectivity index (χ3v) is 3.77. The Labute approximate surface area is 138 Å². The lowest BCUT2D eigenvalue weighted by Gasteiger charge is -2.10. The number of aromatic hydroxyl groups is 2. The van der Waals surface area contributed by atoms with Gasteiger partial charge in [-0.1, -0.05) is 25.1 Å². The minimum Gasteiger partial charge on any atom is -0.508 e. The molecular weight excluding hydrogens is 306 g/mol. The van der Waals surface area contributed by atoms with Crippen molar-refractivity contribution in [3.05, 3.63) is 59.8 Å². The zero-order valence-electron chi connectivity index (χ0n) is 13.1. The van der Waals surface area contributed by atoms with E-state index in [4.69, 9.17) is 0 Å². The van der Waals surface area contributed by atoms with Crippen LogP contribution in [0.5, 0.6) is 11.5 Å². The Morgan fingerprint density at radius 1 is 1.17 bits per heavy atom. The third-order valence-electron chi connectivity index (χ3n) is 3.77. The second-order valence-electron chi connectivity index (χ2n) is 5.33. The number of amides is 1. The average Bonchev–Trinajstić information content (AvgIpc) is 3.03. The van der Waals surface area contributed by atoms with Crippen molar-refractivity contribution in [2.45, 2.75) is 13.3 Å². The predicted octanol–water partition coefficient (Wildman–Crippen LogP) is 3.30. The van der Waals surface area contributed by atoms with Gasteiger partial charge in [-0.15, -0.1) is 0 Å². The first-order valence-electron chi connectivity index (χ1n) is 7.55. The molecule has 0 radical (unpaired) electrons. The van der Waals surface area contributed by atoms with E-state index in [1.54, 1.807) is 30.3 Å². The number of aromatic nitrogens is 2. The molecule has 0 saturated carbocycles. The lowest BCUT2D eigenvalue weighted by Crippen LogP contribution is -2.11. The number of phenolic OH excluding ortho intramolecular Hbond substituents is 2. The summed E-state index contributed by atoms with van der Waals surface area (Å²) in [7, 11) is 0. The molecule has 0 aliphatic rings. The maximum atomic E-state index is 12.3. The number of aromatic amines is 1. The van der Waals surface area contributed by atoms with Gasteiger partial charge < -0.3 is 15.5 Å². The lowest BCUT2D eigenvalue weighted by atomic mass is 10.0. The molecule has 24 heavy (non-hydrogen) atoms. The molecule has 0 aliphatic heterocycles. The topological polar surface area (TPSA) is 98.2 Å². The molecule has 2 aromatic carbocycles. The average molecular weight is 323 g/mol. The van der Waals surface area contributed by atoms with Crippen LogP contribution in [0.3, 0.4) is 0 Å². The second kappa shape index (κ2) is 6.45. The number of benzene rings is 2. The fourth-order valence-electron chi connectivity index (χ4n) is 2.48. The molecule has 6 heteroatoms. The summed E-state index contributed by atoms with van der Waals surface area (Å²) in [6.45, 7) is 1.90. The van der Waals surface area contributed by atoms with Gasteiger partial charge in [-0.25, -0.2) is 0 Å². The van der Waals surface area contributed by atoms with E-state index in [0.717, 1.165) is 0 Å². The highest BCUT2D eigenvalue weighted by Gasteiger charge is 2.16. The van der Waals surface area contributed by atoms with Crippen molar-refractivity contribution in [1.29, 1.82) is 0 Å². The van der Waals surface area contributed by atoms with Crippen molar-refractivity contribution in [1.82, 2.24) is 10.2 Å². The van der Waals surface area contributed by atoms with Crippen LogP contribution < -0.4 is 5.32 Å². The van der Waals surface area contributed by atoms with E-state index in [1.807, 2.05) is 13.0 Å². The van der Waals surface area contributed by atoms with Gasteiger partial charge >= 0.3 is 0 Å². The minimum absolute atomic E-state index is 0.0353. The number of carbonyl (C=O) groups excluding carboxylic acids is 1. The minimum atomic E-state index is -0.271. The molecule has 0 spiro atoms. The summed E-state index contributed by atoms with van der Waals surface area (Å²) in [4.78, 5) is 12.3. The van der Waals surface area contributed by atoms with E-state index in [0.29, 0.717) is 34.5 Å². The maximum Gasteiger partial charge on any atom is 0.255 e. The van der Waals surface area contributed by atoms with Crippen LogP contribution in [0.2, 0.25) is 0 Å². The van der Waals surface area contributed by atoms with Crippen molar-refractivity contribution < 1.29 is 15.0 Å². The van der Waals surface area contributed by atoms with E-state index in [-0.39, 0.29) is 17.4 Å². The molecule has 4 N–H and O–H groups in total. The van der Waals surface area contributed by atoms with Crippen LogP contribution in [0.25, 0.3) is 11.3 Å². The van der Waals surface area contributed by atoms with Gasteiger partial charge in [-0.3, -0.25) is 9.89 Å². The molecule has 122 valence electrons. The molecule has 0 fully saturated rings. The Morgan fingerprint density at radius 2 is 1.92 bits per heavy atom. The summed E-state index contributed by atoms with van der Waals surface area (Å²) in [5, 5.41) is 29.5. The smallest absolute Gasteiger partial charge is 0.255 e. The molecule has 1 heterocycles. The number of phenols is 2. The number of nitrogens with zero attached hydrogens (tertiary/aromatic N) is 1. The molecule has 0 aliphatic carbocycles. The van der Waals surface area contributed by atoms with Crippen molar-refractivity contribution in [2.75, 3.05) is 5.32 Å². The van der Waals surface area contributed by atoms with Crippen LogP contribution in [0, 0.1) is 0 Å². The molecular formula is C18H17N3O3. The molecule has 0 saturated heterocycles. The molecule has 1 amide bonds. The fourth-order valence-corrected chi connectivity index (χ4v) is 2.48. The third kappa shape index (κ3) is 2.94. The van der Waals surface area contributed by atoms with E-state index < -0.39 is 0 Å². The maximum absolute atomic E-state index is 12.3. The van der Waals surface area contributed by atoms with Crippen molar-refractivity contribution in [3.63, 3.8) is 0 Å². The van der Waals surface area contributed by atoms with Crippen molar-refractivity contribution in [3.8, 4) is 22.8 Å². The number of anilines is 1. The Morgan fingerprint density at radius 3 is 2.62 bits per heavy atom. The van der Waals surface area contributed by atoms with E-state index in [9.17, 15) is 15.0 Å². The quantitative estimate of drug-likeness (QED) is 0.592. The highest BCUT2D eigenvalue weighted by molar-refractivity contribution is 6.06. The molecule has 1 aromatic heterocycles. The Kier molecular flexibility index (Phi) is 4.20. The summed E-state index contributed by atoms with van der Waals surface area (Å²) >= 11 is 0. The molecule has 0 unspecified atom stereocenters. The van der Waals surface area contributed by atoms with Crippen molar-refractivity contribution >= 4 is 11.6 Å². The molecule has 3 rings (SSSR count). The summed E-state index contributed by atoms with van der Waals surface area (Å²) in [6, 6.07) is 11.8. The molecule has 0 bridgehead atoms. The van der Waals surface area contributed by atoms with Gasteiger partial charge in [0.15, 0.2) is 0 Å². The monoisotopic (exact) mass is 323 g/mol. The summed E-state index contributed by atoms with van der Waals surface area (Å²) < 4.78 is 0. The molecule has 3 aromatic rings. The Balaban J connectivity index is 1.95. The summed E-state index contributed by atoms with van der Waals surface area (Å²) in [5.74, 6) is -0.329. The van der Waals surface area contributed by atoms with Crippen LogP contribution in [0.4, 0.5) is 5.69 Å². The van der Waals surface area contributed by atoms with Crippen LogP contribution >= 0.6 is 0 Å². The Hall–Kier alpha value is -3.28. The Bertz CT molecular complexity index is 872. The molecule has 6 nitrogen and oxygen atoms in total. The van der Waals surface area contributed by atoms with Gasteiger partial charge in [-0.2, -0.15) is 5.10 Å². The van der Waals surface area contributed by atoms with Crippen LogP contribution in [0.1, 0.15) is 22.8 Å². The zero-order chi connectivity index (χ0) is 17.1. The number of aryl methyl sites for hydroxylation is 1. The van der Waals surface area contributed by atoms with Gasteiger partial charge in [-0.05, 0) is 30.2 Å². The van der Waals surface area contributed by atoms with E-state index in [1.165, 1.54) is 12.3 Å². The first-order chi connectivity index (χ1) is 11.6. The summed E-state index contributed by atoms with van der Waals surface area (Å²) in [6.07, 6.45) is 2.09. The normalized spacial score (nSPS) is 10.5. The first-order valence-corrected chi connectivity index (χ1v) is 7.55. The van der Waals surface area contributed by atoms with Crippen LogP contribution in [-0.4, -0.2) is 26.3 Å². The predicted molar refractivity (Wildman–Crippen MR) is 91.1 cm³/mol. The lowest BCUT2D eigenvalue weighted by molar-refractivity contribution is 0.102. The highest BCUT2D eigenvalue weighted by Crippen LogP contribution is 2.37.